The Morgan fingerprint density at radius 2 is 1.96 bits per heavy atom. The summed E-state index contributed by atoms with van der Waals surface area (Å²) in [5.74, 6) is 0.622. The van der Waals surface area contributed by atoms with E-state index in [9.17, 15) is 8.42 Å². The first-order chi connectivity index (χ1) is 10.9. The molecule has 4 nitrogen and oxygen atoms in total. The van der Waals surface area contributed by atoms with E-state index in [-0.39, 0.29) is 12.1 Å². The van der Waals surface area contributed by atoms with E-state index in [0.29, 0.717) is 11.5 Å². The quantitative estimate of drug-likeness (QED) is 0.828. The molecular formula is C18H27NO3S. The summed E-state index contributed by atoms with van der Waals surface area (Å²) < 4.78 is 29.6. The average molecular weight is 337 g/mol. The van der Waals surface area contributed by atoms with E-state index in [0.717, 1.165) is 39.0 Å². The van der Waals surface area contributed by atoms with Crippen molar-refractivity contribution in [1.82, 2.24) is 4.90 Å². The summed E-state index contributed by atoms with van der Waals surface area (Å²) in [6, 6.07) is 6.48. The van der Waals surface area contributed by atoms with Crippen molar-refractivity contribution in [1.29, 1.82) is 0 Å². The van der Waals surface area contributed by atoms with Gasteiger partial charge in [0.25, 0.3) is 0 Å². The highest BCUT2D eigenvalue weighted by atomic mass is 32.2. The molecule has 128 valence electrons. The summed E-state index contributed by atoms with van der Waals surface area (Å²) in [6.45, 7) is 6.77. The number of ether oxygens (including phenoxy) is 1. The Bertz CT molecular complexity index is 630. The Labute approximate surface area is 139 Å². The monoisotopic (exact) mass is 337 g/mol. The van der Waals surface area contributed by atoms with E-state index < -0.39 is 9.84 Å². The van der Waals surface area contributed by atoms with Crippen LogP contribution in [0, 0.1) is 13.8 Å². The average Bonchev–Trinajstić information content (AvgIpc) is 3.11. The third kappa shape index (κ3) is 4.14. The van der Waals surface area contributed by atoms with Crippen molar-refractivity contribution in [2.75, 3.05) is 24.7 Å². The van der Waals surface area contributed by atoms with Gasteiger partial charge in [0.05, 0.1) is 17.6 Å². The molecule has 1 aromatic carbocycles. The molecule has 0 aliphatic carbocycles. The summed E-state index contributed by atoms with van der Waals surface area (Å²) in [6.07, 6.45) is 3.20. The topological polar surface area (TPSA) is 46.6 Å². The molecule has 0 amide bonds. The van der Waals surface area contributed by atoms with E-state index in [2.05, 4.69) is 36.9 Å². The van der Waals surface area contributed by atoms with Crippen LogP contribution in [0.25, 0.3) is 0 Å². The van der Waals surface area contributed by atoms with Crippen LogP contribution in [0.15, 0.2) is 18.2 Å². The number of hydrogen-bond acceptors (Lipinski definition) is 4. The van der Waals surface area contributed by atoms with Crippen LogP contribution in [0.2, 0.25) is 0 Å². The lowest BCUT2D eigenvalue weighted by atomic mass is 10.0. The molecule has 0 unspecified atom stereocenters. The second-order valence-corrected chi connectivity index (χ2v) is 9.22. The van der Waals surface area contributed by atoms with Crippen LogP contribution in [0.3, 0.4) is 0 Å². The van der Waals surface area contributed by atoms with Crippen LogP contribution in [0.4, 0.5) is 0 Å². The highest BCUT2D eigenvalue weighted by molar-refractivity contribution is 7.91. The zero-order chi connectivity index (χ0) is 16.4. The fourth-order valence-corrected chi connectivity index (χ4v) is 5.52. The Hall–Kier alpha value is -0.910. The van der Waals surface area contributed by atoms with Gasteiger partial charge < -0.3 is 4.74 Å². The molecule has 2 aliphatic heterocycles. The van der Waals surface area contributed by atoms with Crippen molar-refractivity contribution in [3.05, 3.63) is 34.9 Å². The third-order valence-electron chi connectivity index (χ3n) is 5.19. The van der Waals surface area contributed by atoms with Gasteiger partial charge >= 0.3 is 0 Å². The van der Waals surface area contributed by atoms with Crippen molar-refractivity contribution >= 4 is 9.84 Å². The van der Waals surface area contributed by atoms with Gasteiger partial charge in [-0.05, 0) is 49.8 Å². The zero-order valence-corrected chi connectivity index (χ0v) is 14.9. The predicted molar refractivity (Wildman–Crippen MR) is 92.4 cm³/mol. The van der Waals surface area contributed by atoms with Crippen molar-refractivity contribution in [2.24, 2.45) is 0 Å². The van der Waals surface area contributed by atoms with Gasteiger partial charge in [-0.3, -0.25) is 4.90 Å². The fourth-order valence-electron chi connectivity index (χ4n) is 3.76. The van der Waals surface area contributed by atoms with Gasteiger partial charge in [-0.25, -0.2) is 8.42 Å². The van der Waals surface area contributed by atoms with Crippen molar-refractivity contribution < 1.29 is 13.2 Å². The molecule has 2 fully saturated rings. The van der Waals surface area contributed by atoms with Crippen LogP contribution in [-0.2, 0) is 21.1 Å². The largest absolute Gasteiger partial charge is 0.377 e. The highest BCUT2D eigenvalue weighted by Gasteiger charge is 2.34. The first kappa shape index (κ1) is 16.9. The number of benzene rings is 1. The summed E-state index contributed by atoms with van der Waals surface area (Å²) in [5, 5.41) is 0. The van der Waals surface area contributed by atoms with Crippen LogP contribution in [0.5, 0.6) is 0 Å². The minimum atomic E-state index is -2.87. The van der Waals surface area contributed by atoms with Crippen molar-refractivity contribution in [3.8, 4) is 0 Å². The molecule has 5 heteroatoms. The van der Waals surface area contributed by atoms with Gasteiger partial charge in [0.2, 0.25) is 0 Å². The van der Waals surface area contributed by atoms with Gasteiger partial charge in [0, 0.05) is 25.7 Å². The smallest absolute Gasteiger partial charge is 0.151 e. The lowest BCUT2D eigenvalue weighted by molar-refractivity contribution is 0.0573. The minimum Gasteiger partial charge on any atom is -0.377 e. The Morgan fingerprint density at radius 1 is 1.22 bits per heavy atom. The van der Waals surface area contributed by atoms with Crippen LogP contribution >= 0.6 is 0 Å². The van der Waals surface area contributed by atoms with Gasteiger partial charge in [-0.15, -0.1) is 0 Å². The van der Waals surface area contributed by atoms with E-state index in [1.807, 2.05) is 0 Å². The first-order valence-corrected chi connectivity index (χ1v) is 10.4. The minimum absolute atomic E-state index is 0.128. The van der Waals surface area contributed by atoms with Crippen molar-refractivity contribution in [3.63, 3.8) is 0 Å². The summed E-state index contributed by atoms with van der Waals surface area (Å²) in [4.78, 5) is 2.36. The van der Waals surface area contributed by atoms with E-state index in [1.165, 1.54) is 16.7 Å². The van der Waals surface area contributed by atoms with Gasteiger partial charge in [-0.2, -0.15) is 0 Å². The normalized spacial score (nSPS) is 26.9. The number of sulfone groups is 1. The highest BCUT2D eigenvalue weighted by Crippen LogP contribution is 2.25. The Kier molecular flexibility index (Phi) is 5.09. The maximum absolute atomic E-state index is 11.9. The van der Waals surface area contributed by atoms with Crippen molar-refractivity contribution in [2.45, 2.75) is 51.8 Å². The third-order valence-corrected chi connectivity index (χ3v) is 6.94. The molecule has 0 spiro atoms. The number of aryl methyl sites for hydroxylation is 2. The molecule has 0 N–H and O–H groups in total. The number of hydrogen-bond donors (Lipinski definition) is 0. The Balaban J connectivity index is 1.79. The maximum atomic E-state index is 11.9. The van der Waals surface area contributed by atoms with Gasteiger partial charge in [0.1, 0.15) is 0 Å². The second-order valence-electron chi connectivity index (χ2n) is 6.99. The molecule has 2 aliphatic rings. The summed E-state index contributed by atoms with van der Waals surface area (Å²) >= 11 is 0. The molecule has 0 saturated carbocycles. The molecule has 0 aromatic heterocycles. The van der Waals surface area contributed by atoms with E-state index in [1.54, 1.807) is 0 Å². The number of rotatable bonds is 5. The predicted octanol–water partition coefficient (Wildman–Crippen LogP) is 2.47. The van der Waals surface area contributed by atoms with Crippen LogP contribution in [0.1, 0.15) is 36.0 Å². The van der Waals surface area contributed by atoms with Gasteiger partial charge in [0.15, 0.2) is 9.84 Å². The van der Waals surface area contributed by atoms with Gasteiger partial charge in [-0.1, -0.05) is 18.2 Å². The zero-order valence-electron chi connectivity index (χ0n) is 14.1. The molecule has 2 heterocycles. The molecule has 1 aromatic rings. The molecule has 3 rings (SSSR count). The first-order valence-electron chi connectivity index (χ1n) is 8.56. The van der Waals surface area contributed by atoms with Crippen LogP contribution in [-0.4, -0.2) is 50.1 Å². The summed E-state index contributed by atoms with van der Waals surface area (Å²) in [7, 11) is -2.87. The molecule has 2 saturated heterocycles. The van der Waals surface area contributed by atoms with E-state index >= 15 is 0 Å². The molecule has 0 radical (unpaired) electrons. The van der Waals surface area contributed by atoms with E-state index in [4.69, 9.17) is 4.74 Å². The lowest BCUT2D eigenvalue weighted by Gasteiger charge is -2.31. The standard InChI is InChI=1S/C18H27NO3S/c1-14-5-3-6-15(2)18(14)12-19(11-17-7-4-9-22-17)16-8-10-23(20,21)13-16/h3,5-6,16-17H,4,7-13H2,1-2H3/t16-,17+/m1/s1. The molecular weight excluding hydrogens is 310 g/mol. The molecule has 2 atom stereocenters. The summed E-state index contributed by atoms with van der Waals surface area (Å²) in [5.41, 5.74) is 3.89. The molecule has 23 heavy (non-hydrogen) atoms. The fraction of sp³-hybridized carbons (Fsp3) is 0.667. The van der Waals surface area contributed by atoms with Crippen LogP contribution < -0.4 is 0 Å². The maximum Gasteiger partial charge on any atom is 0.151 e. The number of nitrogens with zero attached hydrogens (tertiary/aromatic N) is 1. The SMILES string of the molecule is Cc1cccc(C)c1CN(C[C@@H]1CCCO1)[C@@H]1CCS(=O)(=O)C1. The lowest BCUT2D eigenvalue weighted by Crippen LogP contribution is -2.41. The second kappa shape index (κ2) is 6.91. The Morgan fingerprint density at radius 3 is 2.52 bits per heavy atom. The molecule has 0 bridgehead atoms.